The zero-order chi connectivity index (χ0) is 15.4. The third-order valence-corrected chi connectivity index (χ3v) is 4.27. The Morgan fingerprint density at radius 2 is 1.00 bits per heavy atom. The van der Waals surface area contributed by atoms with E-state index in [-0.39, 0.29) is 24.4 Å². The molecule has 22 heavy (non-hydrogen) atoms. The number of hydrogen-bond donors (Lipinski definition) is 0. The minimum absolute atomic E-state index is 0.0682. The van der Waals surface area contributed by atoms with Crippen LogP contribution in [0.25, 0.3) is 0 Å². The Labute approximate surface area is 133 Å². The van der Waals surface area contributed by atoms with Crippen molar-refractivity contribution in [2.24, 2.45) is 0 Å². The number of hydrogen-bond acceptors (Lipinski definition) is 2. The quantitative estimate of drug-likeness (QED) is 0.770. The molecule has 0 bridgehead atoms. The molecule has 1 aliphatic rings. The van der Waals surface area contributed by atoms with Gasteiger partial charge in [-0.25, -0.2) is 0 Å². The summed E-state index contributed by atoms with van der Waals surface area (Å²) in [6.07, 6.45) is 2.41. The van der Waals surface area contributed by atoms with Crippen molar-refractivity contribution in [3.63, 3.8) is 0 Å². The van der Waals surface area contributed by atoms with Gasteiger partial charge in [0.1, 0.15) is 12.2 Å². The minimum Gasteiger partial charge on any atom is -0.367 e. The maximum atomic E-state index is 6.37. The monoisotopic (exact) mass is 296 g/mol. The van der Waals surface area contributed by atoms with E-state index in [1.165, 1.54) is 11.1 Å². The van der Waals surface area contributed by atoms with Gasteiger partial charge in [-0.05, 0) is 37.8 Å². The predicted molar refractivity (Wildman–Crippen MR) is 88.7 cm³/mol. The van der Waals surface area contributed by atoms with Crippen LogP contribution in [0.1, 0.15) is 50.0 Å². The first-order chi connectivity index (χ1) is 10.7. The molecule has 1 saturated heterocycles. The number of benzene rings is 2. The Hall–Kier alpha value is -1.64. The number of rotatable bonds is 2. The molecule has 0 unspecified atom stereocenters. The van der Waals surface area contributed by atoms with Crippen LogP contribution in [-0.4, -0.2) is 12.2 Å². The second-order valence-corrected chi connectivity index (χ2v) is 6.13. The van der Waals surface area contributed by atoms with Crippen LogP contribution in [0.2, 0.25) is 0 Å². The lowest BCUT2D eigenvalue weighted by atomic mass is 9.96. The molecule has 0 spiro atoms. The van der Waals surface area contributed by atoms with Crippen LogP contribution in [0.3, 0.4) is 0 Å². The Morgan fingerprint density at radius 1 is 0.636 bits per heavy atom. The molecule has 0 aromatic heterocycles. The lowest BCUT2D eigenvalue weighted by molar-refractivity contribution is -0.146. The molecule has 0 radical (unpaired) electrons. The van der Waals surface area contributed by atoms with Crippen LogP contribution in [0.5, 0.6) is 0 Å². The maximum Gasteiger partial charge on any atom is 0.113 e. The van der Waals surface area contributed by atoms with Crippen molar-refractivity contribution < 1.29 is 9.47 Å². The molecule has 2 nitrogen and oxygen atoms in total. The second-order valence-electron chi connectivity index (χ2n) is 6.13. The van der Waals surface area contributed by atoms with Crippen molar-refractivity contribution in [3.8, 4) is 0 Å². The van der Waals surface area contributed by atoms with Gasteiger partial charge >= 0.3 is 0 Å². The fourth-order valence-electron chi connectivity index (χ4n) is 3.04. The van der Waals surface area contributed by atoms with Gasteiger partial charge in [-0.1, -0.05) is 60.7 Å². The third kappa shape index (κ3) is 3.57. The van der Waals surface area contributed by atoms with Crippen LogP contribution >= 0.6 is 0 Å². The number of ether oxygens (including phenoxy) is 2. The van der Waals surface area contributed by atoms with Gasteiger partial charge in [0.05, 0.1) is 12.2 Å². The summed E-state index contributed by atoms with van der Waals surface area (Å²) in [5.41, 5.74) is 2.36. The fraction of sp³-hybridized carbons (Fsp3) is 0.400. The van der Waals surface area contributed by atoms with E-state index in [1.54, 1.807) is 0 Å². The molecule has 0 saturated carbocycles. The molecule has 1 fully saturated rings. The van der Waals surface area contributed by atoms with Gasteiger partial charge in [0.25, 0.3) is 0 Å². The molecule has 0 amide bonds. The molecule has 1 aliphatic heterocycles. The molecule has 4 atom stereocenters. The third-order valence-electron chi connectivity index (χ3n) is 4.27. The molecule has 1 heterocycles. The van der Waals surface area contributed by atoms with Crippen molar-refractivity contribution in [3.05, 3.63) is 71.8 Å². The van der Waals surface area contributed by atoms with Gasteiger partial charge in [-0.3, -0.25) is 0 Å². The SMILES string of the molecule is C[C@@H]1CC[C@H](C)O[C@H](c2ccccc2)[C@@H](c2ccccc2)O1. The van der Waals surface area contributed by atoms with E-state index in [1.807, 2.05) is 12.1 Å². The molecule has 2 aromatic rings. The summed E-state index contributed by atoms with van der Waals surface area (Å²) < 4.78 is 12.7. The summed E-state index contributed by atoms with van der Waals surface area (Å²) in [5, 5.41) is 0. The van der Waals surface area contributed by atoms with E-state index in [2.05, 4.69) is 62.4 Å². The molecule has 2 aromatic carbocycles. The largest absolute Gasteiger partial charge is 0.367 e. The van der Waals surface area contributed by atoms with Crippen molar-refractivity contribution >= 4 is 0 Å². The van der Waals surface area contributed by atoms with Gasteiger partial charge in [0, 0.05) is 0 Å². The van der Waals surface area contributed by atoms with E-state index >= 15 is 0 Å². The van der Waals surface area contributed by atoms with Crippen molar-refractivity contribution in [2.75, 3.05) is 0 Å². The second kappa shape index (κ2) is 7.08. The molecule has 2 heteroatoms. The van der Waals surface area contributed by atoms with Gasteiger partial charge in [-0.2, -0.15) is 0 Å². The molecule has 116 valence electrons. The van der Waals surface area contributed by atoms with Crippen LogP contribution in [0, 0.1) is 0 Å². The fourth-order valence-corrected chi connectivity index (χ4v) is 3.04. The zero-order valence-corrected chi connectivity index (χ0v) is 13.3. The summed E-state index contributed by atoms with van der Waals surface area (Å²) in [6.45, 7) is 4.33. The minimum atomic E-state index is -0.0682. The Kier molecular flexibility index (Phi) is 4.91. The highest BCUT2D eigenvalue weighted by atomic mass is 16.6. The maximum absolute atomic E-state index is 6.37. The van der Waals surface area contributed by atoms with Crippen molar-refractivity contribution in [1.29, 1.82) is 0 Å². The first-order valence-corrected chi connectivity index (χ1v) is 8.15. The van der Waals surface area contributed by atoms with Gasteiger partial charge < -0.3 is 9.47 Å². The first kappa shape index (κ1) is 15.3. The van der Waals surface area contributed by atoms with Crippen LogP contribution in [0.4, 0.5) is 0 Å². The standard InChI is InChI=1S/C20H24O2/c1-15-13-14-16(2)22-20(18-11-7-4-8-12-18)19(21-15)17-9-5-3-6-10-17/h3-12,15-16,19-20H,13-14H2,1-2H3/t15-,16+,19-,20-/m1/s1. The molecular formula is C20H24O2. The molecular weight excluding hydrogens is 272 g/mol. The average molecular weight is 296 g/mol. The Bertz CT molecular complexity index is 513. The highest BCUT2D eigenvalue weighted by molar-refractivity contribution is 5.25. The lowest BCUT2D eigenvalue weighted by Gasteiger charge is -2.35. The van der Waals surface area contributed by atoms with Crippen LogP contribution in [0.15, 0.2) is 60.7 Å². The average Bonchev–Trinajstić information content (AvgIpc) is 2.56. The van der Waals surface area contributed by atoms with Crippen LogP contribution in [-0.2, 0) is 9.47 Å². The van der Waals surface area contributed by atoms with Gasteiger partial charge in [-0.15, -0.1) is 0 Å². The predicted octanol–water partition coefficient (Wildman–Crippen LogP) is 5.07. The van der Waals surface area contributed by atoms with E-state index in [0.29, 0.717) is 0 Å². The van der Waals surface area contributed by atoms with E-state index < -0.39 is 0 Å². The molecule has 0 N–H and O–H groups in total. The lowest BCUT2D eigenvalue weighted by Crippen LogP contribution is -2.28. The summed E-state index contributed by atoms with van der Waals surface area (Å²) in [4.78, 5) is 0. The van der Waals surface area contributed by atoms with Crippen LogP contribution < -0.4 is 0 Å². The summed E-state index contributed by atoms with van der Waals surface area (Å²) in [5.74, 6) is 0. The molecule has 3 rings (SSSR count). The van der Waals surface area contributed by atoms with Gasteiger partial charge in [0.2, 0.25) is 0 Å². The van der Waals surface area contributed by atoms with E-state index in [4.69, 9.17) is 9.47 Å². The summed E-state index contributed by atoms with van der Waals surface area (Å²) >= 11 is 0. The normalized spacial score (nSPS) is 29.5. The van der Waals surface area contributed by atoms with E-state index in [9.17, 15) is 0 Å². The van der Waals surface area contributed by atoms with Crippen molar-refractivity contribution in [1.82, 2.24) is 0 Å². The first-order valence-electron chi connectivity index (χ1n) is 8.15. The Morgan fingerprint density at radius 3 is 1.36 bits per heavy atom. The van der Waals surface area contributed by atoms with E-state index in [0.717, 1.165) is 12.8 Å². The molecule has 0 aliphatic carbocycles. The smallest absolute Gasteiger partial charge is 0.113 e. The topological polar surface area (TPSA) is 18.5 Å². The zero-order valence-electron chi connectivity index (χ0n) is 13.3. The van der Waals surface area contributed by atoms with Crippen molar-refractivity contribution in [2.45, 2.75) is 51.1 Å². The Balaban J connectivity index is 1.98. The summed E-state index contributed by atoms with van der Waals surface area (Å²) in [6, 6.07) is 20.8. The summed E-state index contributed by atoms with van der Waals surface area (Å²) in [7, 11) is 0. The highest BCUT2D eigenvalue weighted by Crippen LogP contribution is 2.39. The van der Waals surface area contributed by atoms with Gasteiger partial charge in [0.15, 0.2) is 0 Å². The highest BCUT2D eigenvalue weighted by Gasteiger charge is 2.31.